The van der Waals surface area contributed by atoms with Crippen LogP contribution in [0, 0.1) is 6.92 Å². The fourth-order valence-electron chi connectivity index (χ4n) is 1.43. The Morgan fingerprint density at radius 2 is 1.87 bits per heavy atom. The van der Waals surface area contributed by atoms with E-state index in [4.69, 9.17) is 9.84 Å². The Morgan fingerprint density at radius 3 is 2.33 bits per heavy atom. The van der Waals surface area contributed by atoms with Crippen molar-refractivity contribution in [2.24, 2.45) is 0 Å². The highest BCUT2D eigenvalue weighted by Gasteiger charge is 2.23. The molecule has 0 aliphatic rings. The van der Waals surface area contributed by atoms with Crippen LogP contribution in [0.5, 0.6) is 5.75 Å². The third-order valence-electron chi connectivity index (χ3n) is 2.77. The molecule has 84 valence electrons. The quantitative estimate of drug-likeness (QED) is 0.806. The molecule has 15 heavy (non-hydrogen) atoms. The third kappa shape index (κ3) is 3.56. The van der Waals surface area contributed by atoms with Crippen LogP contribution in [-0.4, -0.2) is 17.3 Å². The van der Waals surface area contributed by atoms with Crippen LogP contribution in [0.3, 0.4) is 0 Å². The van der Waals surface area contributed by atoms with Crippen molar-refractivity contribution in [3.63, 3.8) is 0 Å². The van der Waals surface area contributed by atoms with Gasteiger partial charge in [0.05, 0.1) is 0 Å². The smallest absolute Gasteiger partial charge is 0.120 e. The Balaban J connectivity index is 2.70. The van der Waals surface area contributed by atoms with Gasteiger partial charge in [0, 0.05) is 13.0 Å². The van der Waals surface area contributed by atoms with Gasteiger partial charge in [-0.3, -0.25) is 0 Å². The topological polar surface area (TPSA) is 29.5 Å². The van der Waals surface area contributed by atoms with E-state index in [1.807, 2.05) is 31.2 Å². The molecule has 0 heterocycles. The van der Waals surface area contributed by atoms with Crippen LogP contribution in [0.1, 0.15) is 32.3 Å². The van der Waals surface area contributed by atoms with Gasteiger partial charge in [-0.2, -0.15) is 0 Å². The average Bonchev–Trinajstić information content (AvgIpc) is 2.22. The average molecular weight is 208 g/mol. The maximum atomic E-state index is 8.98. The number of aliphatic hydroxyl groups excluding tert-OH is 1. The fourth-order valence-corrected chi connectivity index (χ4v) is 1.43. The zero-order chi connectivity index (χ0) is 11.3. The first-order valence-corrected chi connectivity index (χ1v) is 5.46. The Hall–Kier alpha value is -1.02. The molecule has 0 fully saturated rings. The van der Waals surface area contributed by atoms with Crippen LogP contribution < -0.4 is 4.74 Å². The summed E-state index contributed by atoms with van der Waals surface area (Å²) in [5.41, 5.74) is 0.965. The summed E-state index contributed by atoms with van der Waals surface area (Å²) in [5.74, 6) is 0.874. The molecule has 1 aromatic carbocycles. The molecule has 1 atom stereocenters. The zero-order valence-electron chi connectivity index (χ0n) is 9.79. The number of benzene rings is 1. The molecule has 0 radical (unpaired) electrons. The number of aliphatic hydroxyl groups is 1. The molecule has 2 heteroatoms. The predicted molar refractivity (Wildman–Crippen MR) is 62.2 cm³/mol. The minimum atomic E-state index is -0.260. The highest BCUT2D eigenvalue weighted by atomic mass is 16.5. The molecule has 0 aliphatic heterocycles. The lowest BCUT2D eigenvalue weighted by Gasteiger charge is -2.29. The second-order valence-corrected chi connectivity index (χ2v) is 4.19. The minimum absolute atomic E-state index is 0.163. The molecule has 0 aliphatic carbocycles. The van der Waals surface area contributed by atoms with Crippen LogP contribution in [0.15, 0.2) is 24.3 Å². The van der Waals surface area contributed by atoms with Crippen molar-refractivity contribution in [1.29, 1.82) is 0 Å². The van der Waals surface area contributed by atoms with Crippen LogP contribution in [0.4, 0.5) is 0 Å². The standard InChI is InChI=1S/C13H20O2/c1-4-13(3,9-10-14)15-12-7-5-11(2)6-8-12/h5-8,14H,4,9-10H2,1-3H3. The van der Waals surface area contributed by atoms with Gasteiger partial charge in [-0.15, -0.1) is 0 Å². The van der Waals surface area contributed by atoms with E-state index in [1.54, 1.807) is 0 Å². The van der Waals surface area contributed by atoms with E-state index in [2.05, 4.69) is 13.8 Å². The van der Waals surface area contributed by atoms with Crippen molar-refractivity contribution < 1.29 is 9.84 Å². The lowest BCUT2D eigenvalue weighted by molar-refractivity contribution is 0.0550. The monoisotopic (exact) mass is 208 g/mol. The molecule has 0 saturated carbocycles. The molecule has 0 saturated heterocycles. The van der Waals surface area contributed by atoms with Crippen LogP contribution in [0.2, 0.25) is 0 Å². The van der Waals surface area contributed by atoms with Crippen molar-refractivity contribution in [2.75, 3.05) is 6.61 Å². The lowest BCUT2D eigenvalue weighted by atomic mass is 9.99. The molecule has 1 aromatic rings. The van der Waals surface area contributed by atoms with Gasteiger partial charge in [0.25, 0.3) is 0 Å². The fraction of sp³-hybridized carbons (Fsp3) is 0.538. The molecule has 1 unspecified atom stereocenters. The zero-order valence-corrected chi connectivity index (χ0v) is 9.79. The van der Waals surface area contributed by atoms with Gasteiger partial charge in [-0.25, -0.2) is 0 Å². The number of ether oxygens (including phenoxy) is 1. The Kier molecular flexibility index (Phi) is 4.15. The number of hydrogen-bond donors (Lipinski definition) is 1. The molecule has 1 rings (SSSR count). The molecular weight excluding hydrogens is 188 g/mol. The summed E-state index contributed by atoms with van der Waals surface area (Å²) < 4.78 is 5.89. The van der Waals surface area contributed by atoms with Crippen molar-refractivity contribution >= 4 is 0 Å². The largest absolute Gasteiger partial charge is 0.488 e. The summed E-state index contributed by atoms with van der Waals surface area (Å²) in [6, 6.07) is 8.01. The predicted octanol–water partition coefficient (Wildman–Crippen LogP) is 2.92. The van der Waals surface area contributed by atoms with Gasteiger partial charge in [0.2, 0.25) is 0 Å². The SMILES string of the molecule is CCC(C)(CCO)Oc1ccc(C)cc1. The van der Waals surface area contributed by atoms with E-state index in [0.717, 1.165) is 12.2 Å². The van der Waals surface area contributed by atoms with Crippen molar-refractivity contribution in [3.05, 3.63) is 29.8 Å². The molecule has 2 nitrogen and oxygen atoms in total. The van der Waals surface area contributed by atoms with E-state index < -0.39 is 0 Å². The number of aryl methyl sites for hydroxylation is 1. The normalized spacial score (nSPS) is 14.7. The maximum absolute atomic E-state index is 8.98. The molecule has 0 spiro atoms. The first-order valence-electron chi connectivity index (χ1n) is 5.46. The van der Waals surface area contributed by atoms with Gasteiger partial charge in [0.1, 0.15) is 11.4 Å². The van der Waals surface area contributed by atoms with Gasteiger partial charge in [-0.05, 0) is 32.4 Å². The van der Waals surface area contributed by atoms with Crippen LogP contribution in [-0.2, 0) is 0 Å². The van der Waals surface area contributed by atoms with E-state index in [-0.39, 0.29) is 12.2 Å². The second kappa shape index (κ2) is 5.17. The summed E-state index contributed by atoms with van der Waals surface area (Å²) in [6.07, 6.45) is 1.55. The van der Waals surface area contributed by atoms with E-state index >= 15 is 0 Å². The van der Waals surface area contributed by atoms with E-state index in [9.17, 15) is 0 Å². The van der Waals surface area contributed by atoms with E-state index in [0.29, 0.717) is 6.42 Å². The molecule has 1 N–H and O–H groups in total. The summed E-state index contributed by atoms with van der Waals surface area (Å²) in [5, 5.41) is 8.98. The highest BCUT2D eigenvalue weighted by molar-refractivity contribution is 5.26. The van der Waals surface area contributed by atoms with Crippen molar-refractivity contribution in [2.45, 2.75) is 39.2 Å². The first kappa shape index (κ1) is 12.1. The Bertz CT molecular complexity index is 292. The first-order chi connectivity index (χ1) is 7.09. The van der Waals surface area contributed by atoms with Gasteiger partial charge >= 0.3 is 0 Å². The van der Waals surface area contributed by atoms with Gasteiger partial charge in [0.15, 0.2) is 0 Å². The lowest BCUT2D eigenvalue weighted by Crippen LogP contribution is -2.32. The molecule has 0 aromatic heterocycles. The third-order valence-corrected chi connectivity index (χ3v) is 2.77. The van der Waals surface area contributed by atoms with Crippen LogP contribution in [0.25, 0.3) is 0 Å². The minimum Gasteiger partial charge on any atom is -0.488 e. The summed E-state index contributed by atoms with van der Waals surface area (Å²) in [6.45, 7) is 6.32. The maximum Gasteiger partial charge on any atom is 0.120 e. The number of rotatable bonds is 5. The Morgan fingerprint density at radius 1 is 1.27 bits per heavy atom. The summed E-state index contributed by atoms with van der Waals surface area (Å²) in [7, 11) is 0. The summed E-state index contributed by atoms with van der Waals surface area (Å²) in [4.78, 5) is 0. The second-order valence-electron chi connectivity index (χ2n) is 4.19. The van der Waals surface area contributed by atoms with Crippen molar-refractivity contribution in [3.8, 4) is 5.75 Å². The van der Waals surface area contributed by atoms with Gasteiger partial charge in [-0.1, -0.05) is 24.6 Å². The highest BCUT2D eigenvalue weighted by Crippen LogP contribution is 2.24. The molecule has 0 amide bonds. The van der Waals surface area contributed by atoms with Gasteiger partial charge < -0.3 is 9.84 Å². The Labute approximate surface area is 91.9 Å². The van der Waals surface area contributed by atoms with Crippen LogP contribution >= 0.6 is 0 Å². The number of hydrogen-bond acceptors (Lipinski definition) is 2. The van der Waals surface area contributed by atoms with Crippen molar-refractivity contribution in [1.82, 2.24) is 0 Å². The summed E-state index contributed by atoms with van der Waals surface area (Å²) >= 11 is 0. The van der Waals surface area contributed by atoms with E-state index in [1.165, 1.54) is 5.56 Å². The molecule has 0 bridgehead atoms. The molecular formula is C13H20O2.